The summed E-state index contributed by atoms with van der Waals surface area (Å²) in [5.41, 5.74) is 3.32. The Kier molecular flexibility index (Phi) is 6.78. The number of hydrogen-bond donors (Lipinski definition) is 3. The topological polar surface area (TPSA) is 142 Å². The summed E-state index contributed by atoms with van der Waals surface area (Å²) in [4.78, 5) is 46.9. The van der Waals surface area contributed by atoms with Gasteiger partial charge in [0.15, 0.2) is 11.5 Å². The van der Waals surface area contributed by atoms with Gasteiger partial charge in [0.1, 0.15) is 24.3 Å². The van der Waals surface area contributed by atoms with Gasteiger partial charge < -0.3 is 25.0 Å². The number of nitrogens with one attached hydrogen (secondary N) is 2. The normalized spacial score (nSPS) is 17.8. The summed E-state index contributed by atoms with van der Waals surface area (Å²) in [7, 11) is 0. The van der Waals surface area contributed by atoms with Gasteiger partial charge in [-0.2, -0.15) is 5.10 Å². The van der Waals surface area contributed by atoms with Crippen LogP contribution >= 0.6 is 11.6 Å². The van der Waals surface area contributed by atoms with Crippen LogP contribution < -0.4 is 5.32 Å². The number of carbonyl (C=O) groups is 3. The van der Waals surface area contributed by atoms with Crippen LogP contribution in [0.1, 0.15) is 28.0 Å². The van der Waals surface area contributed by atoms with Gasteiger partial charge in [-0.05, 0) is 35.4 Å². The Balaban J connectivity index is 1.14. The van der Waals surface area contributed by atoms with E-state index in [-0.39, 0.29) is 34.9 Å². The monoisotopic (exact) mass is 620 g/mol. The van der Waals surface area contributed by atoms with Crippen molar-refractivity contribution in [1.29, 1.82) is 0 Å². The first-order valence-corrected chi connectivity index (χ1v) is 14.1. The number of imidazole rings is 1. The molecule has 0 spiro atoms. The van der Waals surface area contributed by atoms with E-state index < -0.39 is 42.4 Å². The van der Waals surface area contributed by atoms with E-state index in [0.29, 0.717) is 40.7 Å². The van der Waals surface area contributed by atoms with Crippen LogP contribution in [-0.4, -0.2) is 66.3 Å². The van der Waals surface area contributed by atoms with E-state index in [2.05, 4.69) is 20.4 Å². The number of ether oxygens (including phenoxy) is 1. The molecular weight excluding hydrogens is 598 g/mol. The van der Waals surface area contributed by atoms with Crippen LogP contribution in [-0.2, 0) is 34.1 Å². The molecule has 7 rings (SSSR count). The fourth-order valence-corrected chi connectivity index (χ4v) is 6.20. The van der Waals surface area contributed by atoms with Gasteiger partial charge in [-0.15, -0.1) is 0 Å². The summed E-state index contributed by atoms with van der Waals surface area (Å²) in [6.45, 7) is -0.107. The van der Waals surface area contributed by atoms with E-state index >= 15 is 4.39 Å². The maximum atomic E-state index is 15.7. The lowest BCUT2D eigenvalue weighted by atomic mass is 10.0. The Morgan fingerprint density at radius 3 is 2.73 bits per heavy atom. The minimum Gasteiger partial charge on any atom is -0.476 e. The predicted octanol–water partition coefficient (Wildman–Crippen LogP) is 4.68. The molecule has 2 aliphatic heterocycles. The molecular formula is C30H23ClF2N6O5. The lowest BCUT2D eigenvalue weighted by Gasteiger charge is -2.24. The Morgan fingerprint density at radius 1 is 1.14 bits per heavy atom. The highest BCUT2D eigenvalue weighted by Gasteiger charge is 2.40. The molecule has 1 saturated heterocycles. The van der Waals surface area contributed by atoms with Gasteiger partial charge in [0.05, 0.1) is 47.8 Å². The van der Waals surface area contributed by atoms with Crippen LogP contribution in [0.2, 0.25) is 5.02 Å². The van der Waals surface area contributed by atoms with Crippen molar-refractivity contribution in [1.82, 2.24) is 24.6 Å². The molecule has 3 N–H and O–H groups in total. The lowest BCUT2D eigenvalue weighted by Crippen LogP contribution is -2.44. The molecule has 4 heterocycles. The number of likely N-dealkylation sites (tertiary alicyclic amines) is 1. The summed E-state index contributed by atoms with van der Waals surface area (Å²) in [6.07, 6.45) is -0.304. The van der Waals surface area contributed by atoms with Gasteiger partial charge in [-0.25, -0.2) is 18.6 Å². The largest absolute Gasteiger partial charge is 0.476 e. The summed E-state index contributed by atoms with van der Waals surface area (Å²) in [5, 5.41) is 16.9. The Labute approximate surface area is 252 Å². The van der Waals surface area contributed by atoms with E-state index in [4.69, 9.17) is 16.3 Å². The highest BCUT2D eigenvalue weighted by Crippen LogP contribution is 2.36. The predicted molar refractivity (Wildman–Crippen MR) is 155 cm³/mol. The second-order valence-corrected chi connectivity index (χ2v) is 11.1. The molecule has 0 saturated carbocycles. The molecule has 3 aromatic carbocycles. The van der Waals surface area contributed by atoms with Crippen molar-refractivity contribution >= 4 is 57.0 Å². The third kappa shape index (κ3) is 4.64. The summed E-state index contributed by atoms with van der Waals surface area (Å²) < 4.78 is 37.1. The van der Waals surface area contributed by atoms with E-state index in [9.17, 15) is 23.9 Å². The molecule has 2 atom stereocenters. The summed E-state index contributed by atoms with van der Waals surface area (Å²) >= 11 is 6.50. The standard InChI is InChI=1S/C30H23ClF2N6O5/c31-25-17(4-5-21-28(25)35-13-34-21)18-2-1-3-20(26(18)33)36-29(41)23-8-16(32)9-38(23)24(40)10-39-22-7-15-12-44-11-14(15)6-19(22)27(37-39)30(42)43/h1-7,13,16,23H,8-12H2,(H,34,35)(H,36,41)(H,42,43)/t16-,23+/m1/s1. The van der Waals surface area contributed by atoms with Crippen molar-refractivity contribution in [3.63, 3.8) is 0 Å². The van der Waals surface area contributed by atoms with Crippen molar-refractivity contribution in [2.75, 3.05) is 11.9 Å². The van der Waals surface area contributed by atoms with Crippen LogP contribution in [0, 0.1) is 5.82 Å². The maximum Gasteiger partial charge on any atom is 0.357 e. The van der Waals surface area contributed by atoms with Crippen molar-refractivity contribution in [2.45, 2.75) is 38.4 Å². The van der Waals surface area contributed by atoms with Crippen LogP contribution in [0.25, 0.3) is 33.1 Å². The number of halogens is 3. The molecule has 224 valence electrons. The molecule has 0 aliphatic carbocycles. The van der Waals surface area contributed by atoms with Gasteiger partial charge >= 0.3 is 5.97 Å². The number of carboxylic acids is 1. The van der Waals surface area contributed by atoms with E-state index in [1.54, 1.807) is 30.3 Å². The molecule has 2 amide bonds. The van der Waals surface area contributed by atoms with Crippen LogP contribution in [0.3, 0.4) is 0 Å². The highest BCUT2D eigenvalue weighted by atomic mass is 35.5. The zero-order chi connectivity index (χ0) is 30.7. The van der Waals surface area contributed by atoms with E-state index in [1.807, 2.05) is 0 Å². The van der Waals surface area contributed by atoms with Gasteiger partial charge in [-0.1, -0.05) is 29.8 Å². The average Bonchev–Trinajstić information content (AvgIpc) is 3.79. The van der Waals surface area contributed by atoms with Crippen molar-refractivity contribution < 1.29 is 33.0 Å². The number of carboxylic acid groups (broad SMARTS) is 1. The zero-order valence-electron chi connectivity index (χ0n) is 22.8. The molecule has 2 aliphatic rings. The third-order valence-electron chi connectivity index (χ3n) is 8.02. The number of hydrogen-bond acceptors (Lipinski definition) is 6. The Morgan fingerprint density at radius 2 is 1.93 bits per heavy atom. The van der Waals surface area contributed by atoms with Crippen LogP contribution in [0.15, 0.2) is 48.8 Å². The third-order valence-corrected chi connectivity index (χ3v) is 8.41. The number of benzene rings is 3. The number of H-pyrrole nitrogens is 1. The number of nitrogens with zero attached hydrogens (tertiary/aromatic N) is 4. The minimum absolute atomic E-state index is 0.122. The number of fused-ring (bicyclic) bond motifs is 3. The van der Waals surface area contributed by atoms with Crippen molar-refractivity contribution in [3.8, 4) is 11.1 Å². The van der Waals surface area contributed by atoms with E-state index in [1.165, 1.54) is 23.1 Å². The average molecular weight is 621 g/mol. The van der Waals surface area contributed by atoms with Gasteiger partial charge in [-0.3, -0.25) is 14.3 Å². The number of rotatable bonds is 6. The van der Waals surface area contributed by atoms with Crippen LogP contribution in [0.5, 0.6) is 0 Å². The molecule has 5 aromatic rings. The molecule has 2 aromatic heterocycles. The fourth-order valence-electron chi connectivity index (χ4n) is 5.89. The summed E-state index contributed by atoms with van der Waals surface area (Å²) in [5.74, 6) is -3.44. The number of aromatic carboxylic acids is 1. The molecule has 1 fully saturated rings. The quantitative estimate of drug-likeness (QED) is 0.250. The van der Waals surface area contributed by atoms with Gasteiger partial charge in [0.2, 0.25) is 11.8 Å². The first-order valence-electron chi connectivity index (χ1n) is 13.7. The number of carbonyl (C=O) groups excluding carboxylic acids is 2. The molecule has 0 unspecified atom stereocenters. The SMILES string of the molecule is O=C(O)c1nn(CC(=O)N2C[C@H](F)C[C@H]2C(=O)Nc2cccc(-c3ccc4[nH]cnc4c3Cl)c2F)c2cc3c(cc12)COC3. The summed E-state index contributed by atoms with van der Waals surface area (Å²) in [6, 6.07) is 9.92. The Bertz CT molecular complexity index is 2010. The van der Waals surface area contributed by atoms with Gasteiger partial charge in [0.25, 0.3) is 0 Å². The fraction of sp³-hybridized carbons (Fsp3) is 0.233. The molecule has 14 heteroatoms. The molecule has 0 bridgehead atoms. The molecule has 11 nitrogen and oxygen atoms in total. The van der Waals surface area contributed by atoms with Crippen molar-refractivity contribution in [3.05, 3.63) is 76.5 Å². The second-order valence-electron chi connectivity index (χ2n) is 10.7. The smallest absolute Gasteiger partial charge is 0.357 e. The second kappa shape index (κ2) is 10.7. The van der Waals surface area contributed by atoms with Gasteiger partial charge in [0, 0.05) is 22.9 Å². The molecule has 0 radical (unpaired) electrons. The highest BCUT2D eigenvalue weighted by molar-refractivity contribution is 6.37. The minimum atomic E-state index is -1.49. The molecule has 44 heavy (non-hydrogen) atoms. The first kappa shape index (κ1) is 27.9. The zero-order valence-corrected chi connectivity index (χ0v) is 23.6. The number of amides is 2. The number of aromatic nitrogens is 4. The number of aromatic amines is 1. The van der Waals surface area contributed by atoms with Crippen molar-refractivity contribution in [2.24, 2.45) is 0 Å². The number of anilines is 1. The van der Waals surface area contributed by atoms with Crippen LogP contribution in [0.4, 0.5) is 14.5 Å². The lowest BCUT2D eigenvalue weighted by molar-refractivity contribution is -0.137. The van der Waals surface area contributed by atoms with E-state index in [0.717, 1.165) is 16.0 Å². The number of alkyl halides is 1. The Hall–Kier alpha value is -4.88. The maximum absolute atomic E-state index is 15.7. The first-order chi connectivity index (χ1) is 21.2.